The zero-order valence-corrected chi connectivity index (χ0v) is 11.6. The number of aliphatic hydroxyl groups is 1. The molecule has 2 heterocycles. The lowest BCUT2D eigenvalue weighted by Crippen LogP contribution is -2.41. The van der Waals surface area contributed by atoms with Gasteiger partial charge in [-0.1, -0.05) is 12.8 Å². The SMILES string of the molecule is O=C(O)C1=C(O)C2(CCCC2)n2cc(C3CC3)cc2C1=O. The molecule has 1 aromatic rings. The lowest BCUT2D eigenvalue weighted by Gasteiger charge is -2.36. The van der Waals surface area contributed by atoms with Gasteiger partial charge in [-0.3, -0.25) is 4.79 Å². The molecule has 1 aromatic heterocycles. The minimum absolute atomic E-state index is 0.247. The number of carboxylic acid groups (broad SMARTS) is 1. The quantitative estimate of drug-likeness (QED) is 0.820. The largest absolute Gasteiger partial charge is 0.509 e. The lowest BCUT2D eigenvalue weighted by atomic mass is 9.85. The van der Waals surface area contributed by atoms with Gasteiger partial charge in [-0.25, -0.2) is 4.79 Å². The van der Waals surface area contributed by atoms with Gasteiger partial charge in [0, 0.05) is 6.20 Å². The lowest BCUT2D eigenvalue weighted by molar-refractivity contribution is -0.132. The van der Waals surface area contributed by atoms with E-state index in [-0.39, 0.29) is 5.76 Å². The number of ketones is 1. The maximum absolute atomic E-state index is 12.4. The number of Topliss-reactive ketones (excluding diaryl/α,β-unsaturated/α-hetero) is 1. The number of hydrogen-bond acceptors (Lipinski definition) is 3. The summed E-state index contributed by atoms with van der Waals surface area (Å²) in [6.45, 7) is 0. The van der Waals surface area contributed by atoms with Crippen molar-refractivity contribution in [3.05, 3.63) is 34.9 Å². The summed E-state index contributed by atoms with van der Waals surface area (Å²) in [5.41, 5.74) is 0.368. The first-order chi connectivity index (χ1) is 10.0. The Kier molecular flexibility index (Phi) is 2.41. The smallest absolute Gasteiger partial charge is 0.343 e. The number of aromatic nitrogens is 1. The van der Waals surface area contributed by atoms with Crippen LogP contribution in [0.3, 0.4) is 0 Å². The van der Waals surface area contributed by atoms with E-state index in [4.69, 9.17) is 0 Å². The van der Waals surface area contributed by atoms with Crippen molar-refractivity contribution in [3.63, 3.8) is 0 Å². The number of aliphatic hydroxyl groups excluding tert-OH is 1. The van der Waals surface area contributed by atoms with Gasteiger partial charge in [-0.15, -0.1) is 0 Å². The second-order valence-corrected chi connectivity index (χ2v) is 6.40. The van der Waals surface area contributed by atoms with Crippen molar-refractivity contribution < 1.29 is 19.8 Å². The molecule has 0 amide bonds. The van der Waals surface area contributed by atoms with Crippen molar-refractivity contribution in [3.8, 4) is 0 Å². The van der Waals surface area contributed by atoms with E-state index in [1.165, 1.54) is 0 Å². The van der Waals surface area contributed by atoms with Crippen LogP contribution >= 0.6 is 0 Å². The molecular weight excluding hydrogens is 270 g/mol. The molecule has 2 aliphatic carbocycles. The van der Waals surface area contributed by atoms with Crippen LogP contribution in [0.4, 0.5) is 0 Å². The molecule has 1 aliphatic heterocycles. The van der Waals surface area contributed by atoms with E-state index < -0.39 is 22.9 Å². The fraction of sp³-hybridized carbons (Fsp3) is 0.500. The summed E-state index contributed by atoms with van der Waals surface area (Å²) in [5.74, 6) is -1.65. The van der Waals surface area contributed by atoms with E-state index in [9.17, 15) is 19.8 Å². The first-order valence-electron chi connectivity index (χ1n) is 7.49. The molecule has 2 fully saturated rings. The van der Waals surface area contributed by atoms with Gasteiger partial charge in [0.15, 0.2) is 0 Å². The molecule has 0 radical (unpaired) electrons. The number of carboxylic acids is 1. The highest BCUT2D eigenvalue weighted by Crippen LogP contribution is 2.49. The zero-order chi connectivity index (χ0) is 14.8. The van der Waals surface area contributed by atoms with Crippen LogP contribution in [-0.2, 0) is 10.3 Å². The van der Waals surface area contributed by atoms with Crippen molar-refractivity contribution in [1.29, 1.82) is 0 Å². The summed E-state index contributed by atoms with van der Waals surface area (Å²) < 4.78 is 1.86. The monoisotopic (exact) mass is 287 g/mol. The number of rotatable bonds is 2. The average Bonchev–Trinajstić information content (AvgIpc) is 3.01. The van der Waals surface area contributed by atoms with E-state index >= 15 is 0 Å². The summed E-state index contributed by atoms with van der Waals surface area (Å²) in [6, 6.07) is 1.83. The Morgan fingerprint density at radius 1 is 1.29 bits per heavy atom. The molecular formula is C16H17NO4. The second-order valence-electron chi connectivity index (χ2n) is 6.40. The van der Waals surface area contributed by atoms with Crippen molar-refractivity contribution in [2.75, 3.05) is 0 Å². The van der Waals surface area contributed by atoms with Crippen molar-refractivity contribution >= 4 is 11.8 Å². The molecule has 3 aliphatic rings. The molecule has 110 valence electrons. The Morgan fingerprint density at radius 2 is 1.95 bits per heavy atom. The maximum Gasteiger partial charge on any atom is 0.343 e. The predicted octanol–water partition coefficient (Wildman–Crippen LogP) is 2.73. The minimum atomic E-state index is -1.33. The fourth-order valence-electron chi connectivity index (χ4n) is 3.87. The Labute approximate surface area is 121 Å². The van der Waals surface area contributed by atoms with Gasteiger partial charge in [-0.2, -0.15) is 0 Å². The van der Waals surface area contributed by atoms with Crippen LogP contribution in [0.15, 0.2) is 23.6 Å². The summed E-state index contributed by atoms with van der Waals surface area (Å²) in [7, 11) is 0. The molecule has 1 spiro atoms. The Balaban J connectivity index is 1.95. The van der Waals surface area contributed by atoms with Gasteiger partial charge in [0.2, 0.25) is 5.78 Å². The molecule has 0 bridgehead atoms. The van der Waals surface area contributed by atoms with Crippen LogP contribution < -0.4 is 0 Å². The van der Waals surface area contributed by atoms with Crippen molar-refractivity contribution in [2.24, 2.45) is 0 Å². The first-order valence-corrected chi connectivity index (χ1v) is 7.49. The summed E-state index contributed by atoms with van der Waals surface area (Å²) in [4.78, 5) is 23.9. The Morgan fingerprint density at radius 3 is 2.52 bits per heavy atom. The van der Waals surface area contributed by atoms with E-state index in [0.717, 1.165) is 31.2 Å². The van der Waals surface area contributed by atoms with Crippen molar-refractivity contribution in [1.82, 2.24) is 4.57 Å². The standard InChI is InChI=1S/C16H17NO4/c18-13-11-7-10(9-3-4-9)8-17(11)16(5-1-2-6-16)14(19)12(13)15(20)21/h7-9,19H,1-6H2,(H,20,21). The van der Waals surface area contributed by atoms with E-state index in [2.05, 4.69) is 0 Å². The van der Waals surface area contributed by atoms with Gasteiger partial charge in [-0.05, 0) is 43.2 Å². The fourth-order valence-corrected chi connectivity index (χ4v) is 3.87. The van der Waals surface area contributed by atoms with E-state index in [1.54, 1.807) is 0 Å². The van der Waals surface area contributed by atoms with E-state index in [1.807, 2.05) is 16.8 Å². The topological polar surface area (TPSA) is 79.5 Å². The molecule has 0 aromatic carbocycles. The normalized spacial score (nSPS) is 23.7. The Bertz CT molecular complexity index is 687. The average molecular weight is 287 g/mol. The molecule has 2 N–H and O–H groups in total. The number of allylic oxidation sites excluding steroid dienone is 1. The zero-order valence-electron chi connectivity index (χ0n) is 11.6. The van der Waals surface area contributed by atoms with Crippen LogP contribution in [0.2, 0.25) is 0 Å². The molecule has 5 nitrogen and oxygen atoms in total. The molecule has 0 atom stereocenters. The van der Waals surface area contributed by atoms with Crippen LogP contribution in [0, 0.1) is 0 Å². The minimum Gasteiger partial charge on any atom is -0.509 e. The van der Waals surface area contributed by atoms with Crippen LogP contribution in [0.5, 0.6) is 0 Å². The number of nitrogens with zero attached hydrogens (tertiary/aromatic N) is 1. The molecule has 0 saturated heterocycles. The molecule has 4 rings (SSSR count). The second kappa shape index (κ2) is 4.00. The van der Waals surface area contributed by atoms with Crippen LogP contribution in [0.1, 0.15) is 60.5 Å². The molecule has 2 saturated carbocycles. The molecule has 21 heavy (non-hydrogen) atoms. The van der Waals surface area contributed by atoms with Crippen LogP contribution in [-0.4, -0.2) is 26.5 Å². The van der Waals surface area contributed by atoms with Gasteiger partial charge in [0.25, 0.3) is 0 Å². The highest BCUT2D eigenvalue weighted by molar-refractivity contribution is 6.24. The number of hydrogen-bond donors (Lipinski definition) is 2. The molecule has 0 unspecified atom stereocenters. The summed E-state index contributed by atoms with van der Waals surface area (Å²) in [5, 5.41) is 19.9. The van der Waals surface area contributed by atoms with Gasteiger partial charge >= 0.3 is 5.97 Å². The predicted molar refractivity (Wildman–Crippen MR) is 74.5 cm³/mol. The third kappa shape index (κ3) is 1.57. The number of carbonyl (C=O) groups is 2. The molecule has 5 heteroatoms. The number of aliphatic carboxylic acids is 1. The first kappa shape index (κ1) is 12.7. The Hall–Kier alpha value is -2.04. The number of fused-ring (bicyclic) bond motifs is 2. The van der Waals surface area contributed by atoms with Gasteiger partial charge < -0.3 is 14.8 Å². The highest BCUT2D eigenvalue weighted by Gasteiger charge is 2.49. The summed E-state index contributed by atoms with van der Waals surface area (Å²) >= 11 is 0. The maximum atomic E-state index is 12.4. The third-order valence-electron chi connectivity index (χ3n) is 5.13. The van der Waals surface area contributed by atoms with Crippen LogP contribution in [0.25, 0.3) is 0 Å². The van der Waals surface area contributed by atoms with E-state index in [0.29, 0.717) is 24.5 Å². The highest BCUT2D eigenvalue weighted by atomic mass is 16.4. The van der Waals surface area contributed by atoms with Gasteiger partial charge in [0.1, 0.15) is 16.9 Å². The van der Waals surface area contributed by atoms with Gasteiger partial charge in [0.05, 0.1) is 5.69 Å². The summed E-state index contributed by atoms with van der Waals surface area (Å²) in [6.07, 6.45) is 7.45. The number of carbonyl (C=O) groups excluding carboxylic acids is 1. The van der Waals surface area contributed by atoms with Crippen molar-refractivity contribution in [2.45, 2.75) is 50.0 Å². The third-order valence-corrected chi connectivity index (χ3v) is 5.13.